The first-order valence-corrected chi connectivity index (χ1v) is 9.78. The third kappa shape index (κ3) is 4.90. The Kier molecular flexibility index (Phi) is 6.82. The molecule has 0 radical (unpaired) electrons. The van der Waals surface area contributed by atoms with E-state index in [-0.39, 0.29) is 41.2 Å². The summed E-state index contributed by atoms with van der Waals surface area (Å²) in [5.74, 6) is -2.32. The van der Waals surface area contributed by atoms with Gasteiger partial charge in [-0.1, -0.05) is 6.07 Å². The molecule has 2 aromatic heterocycles. The van der Waals surface area contributed by atoms with E-state index in [1.165, 1.54) is 19.9 Å². The predicted octanol–water partition coefficient (Wildman–Crippen LogP) is 5.09. The van der Waals surface area contributed by atoms with Crippen molar-refractivity contribution in [2.45, 2.75) is 45.3 Å². The average Bonchev–Trinajstić information content (AvgIpc) is 3.07. The molecule has 2 heterocycles. The maximum Gasteiger partial charge on any atom is 0.265 e. The number of hydrogen-bond donors (Lipinski definition) is 1. The summed E-state index contributed by atoms with van der Waals surface area (Å²) in [6.07, 6.45) is -1.93. The third-order valence-corrected chi connectivity index (χ3v) is 5.06. The lowest BCUT2D eigenvalue weighted by Crippen LogP contribution is -2.39. The van der Waals surface area contributed by atoms with Gasteiger partial charge in [-0.05, 0) is 38.5 Å². The van der Waals surface area contributed by atoms with Gasteiger partial charge in [0, 0.05) is 23.7 Å². The summed E-state index contributed by atoms with van der Waals surface area (Å²) in [5.41, 5.74) is 4.00. The van der Waals surface area contributed by atoms with Crippen molar-refractivity contribution in [2.24, 2.45) is 5.73 Å². The summed E-state index contributed by atoms with van der Waals surface area (Å²) in [7, 11) is 0. The van der Waals surface area contributed by atoms with E-state index in [1.807, 2.05) is 0 Å². The quantitative estimate of drug-likeness (QED) is 0.361. The van der Waals surface area contributed by atoms with Crippen LogP contribution in [0.5, 0.6) is 5.75 Å². The van der Waals surface area contributed by atoms with Crippen molar-refractivity contribution in [2.75, 3.05) is 6.67 Å². The van der Waals surface area contributed by atoms with E-state index in [0.29, 0.717) is 0 Å². The molecule has 1 aromatic carbocycles. The highest BCUT2D eigenvalue weighted by atomic mass is 19.3. The second kappa shape index (κ2) is 9.23. The number of nitrogens with zero attached hydrogens (tertiary/aromatic N) is 2. The number of hydrogen-bond acceptors (Lipinski definition) is 4. The lowest BCUT2D eigenvalue weighted by Gasteiger charge is -2.19. The van der Waals surface area contributed by atoms with Crippen molar-refractivity contribution in [3.63, 3.8) is 0 Å². The fourth-order valence-corrected chi connectivity index (χ4v) is 3.21. The van der Waals surface area contributed by atoms with Gasteiger partial charge >= 0.3 is 0 Å². The standard InChI is InChI=1S/C22H22F5N3O2/c1-12-19(17(31)6-7-22(2,28)11-23)30-9-13(20(26)27)8-18(21(30)29-12)32-10-14-15(24)4-3-5-16(14)25/h3-5,8-9,20H,6-7,10-11,28H2,1-2H3. The zero-order chi connectivity index (χ0) is 23.6. The number of rotatable bonds is 9. The number of ether oxygens (including phenoxy) is 1. The first kappa shape index (κ1) is 23.6. The molecule has 0 saturated carbocycles. The topological polar surface area (TPSA) is 69.6 Å². The Labute approximate surface area is 181 Å². The number of Topliss-reactive ketones (excluding diaryl/α,β-unsaturated/α-hetero) is 1. The monoisotopic (exact) mass is 455 g/mol. The van der Waals surface area contributed by atoms with Gasteiger partial charge in [0.2, 0.25) is 0 Å². The number of carbonyl (C=O) groups excluding carboxylic acids is 1. The van der Waals surface area contributed by atoms with Crippen LogP contribution in [0.1, 0.15) is 53.5 Å². The predicted molar refractivity (Wildman–Crippen MR) is 108 cm³/mol. The van der Waals surface area contributed by atoms with Crippen molar-refractivity contribution < 1.29 is 31.5 Å². The molecule has 0 aliphatic carbocycles. The van der Waals surface area contributed by atoms with Crippen LogP contribution >= 0.6 is 0 Å². The second-order valence-corrected chi connectivity index (χ2v) is 7.88. The van der Waals surface area contributed by atoms with Crippen molar-refractivity contribution in [1.82, 2.24) is 9.38 Å². The number of alkyl halides is 3. The minimum Gasteiger partial charge on any atom is -0.485 e. The molecule has 172 valence electrons. The molecule has 0 amide bonds. The van der Waals surface area contributed by atoms with Gasteiger partial charge in [-0.15, -0.1) is 0 Å². The highest BCUT2D eigenvalue weighted by molar-refractivity contribution is 5.96. The van der Waals surface area contributed by atoms with Gasteiger partial charge in [-0.3, -0.25) is 9.20 Å². The first-order valence-electron chi connectivity index (χ1n) is 9.78. The van der Waals surface area contributed by atoms with Gasteiger partial charge < -0.3 is 10.5 Å². The van der Waals surface area contributed by atoms with Crippen LogP contribution < -0.4 is 10.5 Å². The zero-order valence-electron chi connectivity index (χ0n) is 17.5. The van der Waals surface area contributed by atoms with Gasteiger partial charge in [0.1, 0.15) is 30.6 Å². The van der Waals surface area contributed by atoms with Crippen molar-refractivity contribution >= 4 is 11.4 Å². The van der Waals surface area contributed by atoms with Crippen LogP contribution in [0.2, 0.25) is 0 Å². The lowest BCUT2D eigenvalue weighted by atomic mass is 9.96. The van der Waals surface area contributed by atoms with Crippen LogP contribution in [-0.2, 0) is 6.61 Å². The summed E-state index contributed by atoms with van der Waals surface area (Å²) in [4.78, 5) is 17.0. The molecule has 32 heavy (non-hydrogen) atoms. The molecule has 2 N–H and O–H groups in total. The Balaban J connectivity index is 2.01. The molecular weight excluding hydrogens is 433 g/mol. The van der Waals surface area contributed by atoms with E-state index in [0.717, 1.165) is 28.8 Å². The van der Waals surface area contributed by atoms with Gasteiger partial charge in [0.25, 0.3) is 6.43 Å². The Hall–Kier alpha value is -3.01. The van der Waals surface area contributed by atoms with Gasteiger partial charge in [0.05, 0.1) is 11.3 Å². The van der Waals surface area contributed by atoms with Crippen molar-refractivity contribution in [1.29, 1.82) is 0 Å². The maximum absolute atomic E-state index is 13.9. The molecule has 1 atom stereocenters. The number of benzene rings is 1. The van der Waals surface area contributed by atoms with Crippen molar-refractivity contribution in [3.8, 4) is 5.75 Å². The van der Waals surface area contributed by atoms with E-state index in [1.54, 1.807) is 0 Å². The number of aromatic nitrogens is 2. The zero-order valence-corrected chi connectivity index (χ0v) is 17.5. The van der Waals surface area contributed by atoms with Gasteiger partial charge in [-0.25, -0.2) is 26.9 Å². The normalized spacial score (nSPS) is 13.5. The van der Waals surface area contributed by atoms with Gasteiger partial charge in [0.15, 0.2) is 17.2 Å². The molecule has 0 bridgehead atoms. The maximum atomic E-state index is 13.9. The molecule has 10 heteroatoms. The molecule has 0 saturated heterocycles. The van der Waals surface area contributed by atoms with Crippen LogP contribution in [0.25, 0.3) is 5.65 Å². The molecule has 0 spiro atoms. The van der Waals surface area contributed by atoms with E-state index in [2.05, 4.69) is 4.98 Å². The summed E-state index contributed by atoms with van der Waals surface area (Å²) in [5, 5.41) is 0. The van der Waals surface area contributed by atoms with Crippen LogP contribution in [-0.4, -0.2) is 27.4 Å². The van der Waals surface area contributed by atoms with Crippen molar-refractivity contribution in [3.05, 3.63) is 64.6 Å². The summed E-state index contributed by atoms with van der Waals surface area (Å²) < 4.78 is 74.4. The van der Waals surface area contributed by atoms with E-state index in [9.17, 15) is 26.7 Å². The molecule has 0 fully saturated rings. The number of pyridine rings is 1. The SMILES string of the molecule is Cc1nc2c(OCc3c(F)cccc3F)cc(C(F)F)cn2c1C(=O)CCC(C)(N)CF. The minimum absolute atomic E-state index is 0.0269. The number of ketones is 1. The average molecular weight is 455 g/mol. The Morgan fingerprint density at radius 1 is 1.28 bits per heavy atom. The van der Waals surface area contributed by atoms with Crippen LogP contribution in [0.4, 0.5) is 22.0 Å². The largest absolute Gasteiger partial charge is 0.485 e. The number of fused-ring (bicyclic) bond motifs is 1. The van der Waals surface area contributed by atoms with E-state index in [4.69, 9.17) is 10.5 Å². The fourth-order valence-electron chi connectivity index (χ4n) is 3.21. The molecule has 0 aliphatic rings. The molecular formula is C22H22F5N3O2. The summed E-state index contributed by atoms with van der Waals surface area (Å²) in [6.45, 7) is 1.58. The van der Waals surface area contributed by atoms with Gasteiger partial charge in [-0.2, -0.15) is 0 Å². The minimum atomic E-state index is -2.91. The highest BCUT2D eigenvalue weighted by Gasteiger charge is 2.25. The van der Waals surface area contributed by atoms with E-state index < -0.39 is 48.2 Å². The fraction of sp³-hybridized carbons (Fsp3) is 0.364. The Morgan fingerprint density at radius 2 is 1.94 bits per heavy atom. The van der Waals surface area contributed by atoms with Crippen LogP contribution in [0.3, 0.4) is 0 Å². The Morgan fingerprint density at radius 3 is 2.53 bits per heavy atom. The third-order valence-electron chi connectivity index (χ3n) is 5.06. The number of aryl methyl sites for hydroxylation is 1. The number of imidazole rings is 1. The lowest BCUT2D eigenvalue weighted by molar-refractivity contribution is 0.0961. The number of halogens is 5. The van der Waals surface area contributed by atoms with Crippen LogP contribution in [0.15, 0.2) is 30.5 Å². The summed E-state index contributed by atoms with van der Waals surface area (Å²) in [6, 6.07) is 4.30. The number of nitrogens with two attached hydrogens (primary N) is 1. The molecule has 3 aromatic rings. The molecule has 5 nitrogen and oxygen atoms in total. The molecule has 0 aliphatic heterocycles. The smallest absolute Gasteiger partial charge is 0.265 e. The molecule has 1 unspecified atom stereocenters. The van der Waals surface area contributed by atoms with Crippen LogP contribution in [0, 0.1) is 18.6 Å². The first-order chi connectivity index (χ1) is 15.0. The highest BCUT2D eigenvalue weighted by Crippen LogP contribution is 2.30. The number of carbonyl (C=O) groups is 1. The molecule has 3 rings (SSSR count). The summed E-state index contributed by atoms with van der Waals surface area (Å²) >= 11 is 0. The van der Waals surface area contributed by atoms with E-state index >= 15 is 0 Å². The Bertz CT molecular complexity index is 1120. The second-order valence-electron chi connectivity index (χ2n) is 7.88.